The molecule has 0 atom stereocenters. The van der Waals surface area contributed by atoms with Gasteiger partial charge in [-0.15, -0.1) is 10.2 Å². The average molecular weight is 294 g/mol. The molecule has 0 bridgehead atoms. The first-order chi connectivity index (χ1) is 10.6. The van der Waals surface area contributed by atoms with E-state index in [1.165, 1.54) is 0 Å². The van der Waals surface area contributed by atoms with Crippen molar-refractivity contribution < 1.29 is 4.42 Å². The highest BCUT2D eigenvalue weighted by atomic mass is 16.4. The van der Waals surface area contributed by atoms with E-state index in [0.717, 1.165) is 22.4 Å². The smallest absolute Gasteiger partial charge is 0.248 e. The van der Waals surface area contributed by atoms with Crippen molar-refractivity contribution in [1.29, 1.82) is 0 Å². The standard InChI is InChI=1S/C17H18N4O/c1-12-13(15-9-4-5-10-18-15)7-6-8-14(12)17-20-19-16(22-17)11-21(2)3/h4-10H,11H2,1-3H3. The third kappa shape index (κ3) is 2.89. The molecule has 5 heteroatoms. The summed E-state index contributed by atoms with van der Waals surface area (Å²) in [6, 6.07) is 11.9. The van der Waals surface area contributed by atoms with Gasteiger partial charge >= 0.3 is 0 Å². The summed E-state index contributed by atoms with van der Waals surface area (Å²) < 4.78 is 5.77. The minimum absolute atomic E-state index is 0.548. The Morgan fingerprint density at radius 2 is 1.82 bits per heavy atom. The van der Waals surface area contributed by atoms with Gasteiger partial charge in [-0.2, -0.15) is 0 Å². The number of hydrogen-bond donors (Lipinski definition) is 0. The molecule has 0 N–H and O–H groups in total. The van der Waals surface area contributed by atoms with Gasteiger partial charge in [0.05, 0.1) is 12.2 Å². The lowest BCUT2D eigenvalue weighted by atomic mass is 9.99. The average Bonchev–Trinajstić information content (AvgIpc) is 2.96. The van der Waals surface area contributed by atoms with Crippen LogP contribution in [0, 0.1) is 6.92 Å². The predicted octanol–water partition coefficient (Wildman–Crippen LogP) is 3.17. The molecule has 0 aliphatic carbocycles. The Labute approximate surface area is 129 Å². The summed E-state index contributed by atoms with van der Waals surface area (Å²) in [5, 5.41) is 8.27. The number of pyridine rings is 1. The van der Waals surface area contributed by atoms with Gasteiger partial charge in [0, 0.05) is 17.3 Å². The molecule has 2 heterocycles. The third-order valence-corrected chi connectivity index (χ3v) is 3.42. The number of hydrogen-bond acceptors (Lipinski definition) is 5. The van der Waals surface area contributed by atoms with Crippen LogP contribution in [0.15, 0.2) is 47.0 Å². The number of aromatic nitrogens is 3. The monoisotopic (exact) mass is 294 g/mol. The highest BCUT2D eigenvalue weighted by Gasteiger charge is 2.14. The zero-order chi connectivity index (χ0) is 15.5. The number of rotatable bonds is 4. The summed E-state index contributed by atoms with van der Waals surface area (Å²) in [4.78, 5) is 6.41. The molecular weight excluding hydrogens is 276 g/mol. The maximum absolute atomic E-state index is 5.77. The fraction of sp³-hybridized carbons (Fsp3) is 0.235. The van der Waals surface area contributed by atoms with Gasteiger partial charge in [0.15, 0.2) is 0 Å². The molecule has 0 saturated heterocycles. The van der Waals surface area contributed by atoms with Gasteiger partial charge in [-0.1, -0.05) is 18.2 Å². The molecule has 3 rings (SSSR count). The summed E-state index contributed by atoms with van der Waals surface area (Å²) in [7, 11) is 3.94. The van der Waals surface area contributed by atoms with Gasteiger partial charge in [0.2, 0.25) is 11.8 Å². The van der Waals surface area contributed by atoms with Crippen molar-refractivity contribution in [3.63, 3.8) is 0 Å². The molecule has 0 unspecified atom stereocenters. The van der Waals surface area contributed by atoms with Gasteiger partial charge in [0.25, 0.3) is 0 Å². The molecule has 5 nitrogen and oxygen atoms in total. The molecule has 0 fully saturated rings. The van der Waals surface area contributed by atoms with Crippen LogP contribution in [-0.2, 0) is 6.54 Å². The SMILES string of the molecule is Cc1c(-c2ccccn2)cccc1-c1nnc(CN(C)C)o1. The van der Waals surface area contributed by atoms with Crippen molar-refractivity contribution in [2.75, 3.05) is 14.1 Å². The lowest BCUT2D eigenvalue weighted by Gasteiger charge is -2.08. The largest absolute Gasteiger partial charge is 0.419 e. The fourth-order valence-electron chi connectivity index (χ4n) is 2.36. The lowest BCUT2D eigenvalue weighted by Crippen LogP contribution is -2.10. The van der Waals surface area contributed by atoms with Crippen molar-refractivity contribution >= 4 is 0 Å². The highest BCUT2D eigenvalue weighted by molar-refractivity contribution is 5.73. The summed E-state index contributed by atoms with van der Waals surface area (Å²) >= 11 is 0. The van der Waals surface area contributed by atoms with Crippen LogP contribution in [0.5, 0.6) is 0 Å². The van der Waals surface area contributed by atoms with Crippen LogP contribution >= 0.6 is 0 Å². The van der Waals surface area contributed by atoms with Gasteiger partial charge < -0.3 is 9.32 Å². The molecule has 3 aromatic rings. The molecule has 0 radical (unpaired) electrons. The minimum atomic E-state index is 0.548. The van der Waals surface area contributed by atoms with Crippen LogP contribution in [0.1, 0.15) is 11.5 Å². The van der Waals surface area contributed by atoms with Crippen LogP contribution < -0.4 is 0 Å². The van der Waals surface area contributed by atoms with Crippen molar-refractivity contribution in [3.8, 4) is 22.7 Å². The molecule has 2 aromatic heterocycles. The van der Waals surface area contributed by atoms with E-state index in [1.807, 2.05) is 49.3 Å². The van der Waals surface area contributed by atoms with Crippen molar-refractivity contribution in [3.05, 3.63) is 54.0 Å². The van der Waals surface area contributed by atoms with Crippen LogP contribution in [-0.4, -0.2) is 34.2 Å². The third-order valence-electron chi connectivity index (χ3n) is 3.42. The molecule has 0 aliphatic rings. The van der Waals surface area contributed by atoms with Crippen molar-refractivity contribution in [2.45, 2.75) is 13.5 Å². The minimum Gasteiger partial charge on any atom is -0.419 e. The van der Waals surface area contributed by atoms with Gasteiger partial charge in [-0.05, 0) is 44.8 Å². The molecule has 0 amide bonds. The maximum atomic E-state index is 5.77. The number of nitrogens with zero attached hydrogens (tertiary/aromatic N) is 4. The molecule has 0 aliphatic heterocycles. The molecule has 112 valence electrons. The summed E-state index contributed by atoms with van der Waals surface area (Å²) in [5.74, 6) is 1.16. The van der Waals surface area contributed by atoms with Gasteiger partial charge in [0.1, 0.15) is 0 Å². The molecule has 0 saturated carbocycles. The van der Waals surface area contributed by atoms with Gasteiger partial charge in [-0.25, -0.2) is 0 Å². The van der Waals surface area contributed by atoms with E-state index in [-0.39, 0.29) is 0 Å². The second-order valence-corrected chi connectivity index (χ2v) is 5.43. The first-order valence-electron chi connectivity index (χ1n) is 7.13. The van der Waals surface area contributed by atoms with Crippen LogP contribution in [0.25, 0.3) is 22.7 Å². The fourth-order valence-corrected chi connectivity index (χ4v) is 2.36. The molecule has 1 aromatic carbocycles. The summed E-state index contributed by atoms with van der Waals surface area (Å²) in [5.41, 5.74) is 4.04. The van der Waals surface area contributed by atoms with E-state index < -0.39 is 0 Å². The Bertz CT molecular complexity index is 765. The molecular formula is C17H18N4O. The summed E-state index contributed by atoms with van der Waals surface area (Å²) in [6.07, 6.45) is 1.79. The Hall–Kier alpha value is -2.53. The first kappa shape index (κ1) is 14.4. The lowest BCUT2D eigenvalue weighted by molar-refractivity contribution is 0.344. The van der Waals surface area contributed by atoms with Crippen LogP contribution in [0.4, 0.5) is 0 Å². The molecule has 22 heavy (non-hydrogen) atoms. The Morgan fingerprint density at radius 1 is 1.00 bits per heavy atom. The zero-order valence-corrected chi connectivity index (χ0v) is 12.9. The number of benzene rings is 1. The van der Waals surface area contributed by atoms with Crippen LogP contribution in [0.3, 0.4) is 0 Å². The zero-order valence-electron chi connectivity index (χ0n) is 12.9. The molecule has 0 spiro atoms. The summed E-state index contributed by atoms with van der Waals surface area (Å²) in [6.45, 7) is 2.68. The van der Waals surface area contributed by atoms with E-state index in [4.69, 9.17) is 4.42 Å². The van der Waals surface area contributed by atoms with E-state index in [9.17, 15) is 0 Å². The van der Waals surface area contributed by atoms with E-state index in [1.54, 1.807) is 6.20 Å². The van der Waals surface area contributed by atoms with E-state index in [0.29, 0.717) is 18.3 Å². The second-order valence-electron chi connectivity index (χ2n) is 5.43. The van der Waals surface area contributed by atoms with Crippen LogP contribution in [0.2, 0.25) is 0 Å². The second kappa shape index (κ2) is 6.07. The van der Waals surface area contributed by atoms with Crippen molar-refractivity contribution in [1.82, 2.24) is 20.1 Å². The predicted molar refractivity (Wildman–Crippen MR) is 85.1 cm³/mol. The Balaban J connectivity index is 2.00. The van der Waals surface area contributed by atoms with E-state index >= 15 is 0 Å². The topological polar surface area (TPSA) is 55.1 Å². The normalized spacial score (nSPS) is 11.1. The highest BCUT2D eigenvalue weighted by Crippen LogP contribution is 2.30. The Morgan fingerprint density at radius 3 is 2.55 bits per heavy atom. The maximum Gasteiger partial charge on any atom is 0.248 e. The first-order valence-corrected chi connectivity index (χ1v) is 7.13. The van der Waals surface area contributed by atoms with E-state index in [2.05, 4.69) is 28.2 Å². The van der Waals surface area contributed by atoms with Gasteiger partial charge in [-0.3, -0.25) is 4.98 Å². The van der Waals surface area contributed by atoms with Crippen molar-refractivity contribution in [2.24, 2.45) is 0 Å². The quantitative estimate of drug-likeness (QED) is 0.739. The Kier molecular flexibility index (Phi) is 3.98.